The molecule has 0 bridgehead atoms. The van der Waals surface area contributed by atoms with E-state index >= 15 is 0 Å². The van der Waals surface area contributed by atoms with Crippen molar-refractivity contribution in [3.63, 3.8) is 0 Å². The molecular weight excluding hydrogens is 378 g/mol. The van der Waals surface area contributed by atoms with Crippen molar-refractivity contribution < 1.29 is 13.2 Å². The highest BCUT2D eigenvalue weighted by Crippen LogP contribution is 2.30. The number of carbonyl (C=O) groups is 1. The minimum Gasteiger partial charge on any atom is -0.368 e. The lowest BCUT2D eigenvalue weighted by molar-refractivity contribution is -0.133. The molecule has 1 aromatic carbocycles. The zero-order chi connectivity index (χ0) is 19.7. The molecule has 3 heterocycles. The van der Waals surface area contributed by atoms with Crippen LogP contribution >= 0.6 is 0 Å². The van der Waals surface area contributed by atoms with Gasteiger partial charge in [0, 0.05) is 44.7 Å². The number of hydrazone groups is 1. The van der Waals surface area contributed by atoms with Gasteiger partial charge < -0.3 is 10.2 Å². The van der Waals surface area contributed by atoms with Crippen LogP contribution in [0.2, 0.25) is 0 Å². The molecular formula is C19H27N5O3S. The maximum Gasteiger partial charge on any atom is 0.244 e. The van der Waals surface area contributed by atoms with Crippen molar-refractivity contribution in [2.24, 2.45) is 11.0 Å². The first-order valence-corrected chi connectivity index (χ1v) is 11.4. The van der Waals surface area contributed by atoms with Crippen LogP contribution in [0.15, 0.2) is 34.3 Å². The van der Waals surface area contributed by atoms with Crippen molar-refractivity contribution in [3.05, 3.63) is 24.3 Å². The van der Waals surface area contributed by atoms with E-state index in [4.69, 9.17) is 0 Å². The summed E-state index contributed by atoms with van der Waals surface area (Å²) in [5.74, 6) is 0.304. The van der Waals surface area contributed by atoms with Crippen LogP contribution in [0.25, 0.3) is 0 Å². The summed E-state index contributed by atoms with van der Waals surface area (Å²) in [6.07, 6.45) is 2.67. The van der Waals surface area contributed by atoms with Gasteiger partial charge in [0.25, 0.3) is 0 Å². The van der Waals surface area contributed by atoms with Gasteiger partial charge in [-0.25, -0.2) is 8.42 Å². The molecule has 152 valence electrons. The fourth-order valence-electron chi connectivity index (χ4n) is 4.12. The first-order chi connectivity index (χ1) is 13.4. The predicted octanol–water partition coefficient (Wildman–Crippen LogP) is 1.43. The maximum absolute atomic E-state index is 12.5. The summed E-state index contributed by atoms with van der Waals surface area (Å²) >= 11 is 0. The van der Waals surface area contributed by atoms with Gasteiger partial charge in [-0.1, -0.05) is 12.1 Å². The third-order valence-electron chi connectivity index (χ3n) is 5.76. The van der Waals surface area contributed by atoms with Gasteiger partial charge in [-0.15, -0.1) is 0 Å². The first-order valence-electron chi connectivity index (χ1n) is 9.87. The lowest BCUT2D eigenvalue weighted by Crippen LogP contribution is -2.52. The van der Waals surface area contributed by atoms with Crippen molar-refractivity contribution in [2.75, 3.05) is 31.5 Å². The van der Waals surface area contributed by atoms with Gasteiger partial charge in [0.05, 0.1) is 11.9 Å². The van der Waals surface area contributed by atoms with E-state index in [2.05, 4.69) is 15.1 Å². The Labute approximate surface area is 166 Å². The van der Waals surface area contributed by atoms with Gasteiger partial charge in [0.2, 0.25) is 15.9 Å². The molecule has 0 saturated carbocycles. The summed E-state index contributed by atoms with van der Waals surface area (Å²) in [5.41, 5.74) is 1.77. The topological polar surface area (TPSA) is 94.1 Å². The van der Waals surface area contributed by atoms with E-state index in [1.807, 2.05) is 22.9 Å². The molecule has 1 unspecified atom stereocenters. The second kappa shape index (κ2) is 7.71. The Morgan fingerprint density at radius 1 is 1.21 bits per heavy atom. The summed E-state index contributed by atoms with van der Waals surface area (Å²) in [7, 11) is -3.50. The zero-order valence-electron chi connectivity index (χ0n) is 16.1. The second-order valence-corrected chi connectivity index (χ2v) is 9.43. The summed E-state index contributed by atoms with van der Waals surface area (Å²) < 4.78 is 27.8. The van der Waals surface area contributed by atoms with Crippen LogP contribution in [0.4, 0.5) is 5.69 Å². The van der Waals surface area contributed by atoms with Crippen molar-refractivity contribution in [2.45, 2.75) is 43.7 Å². The monoisotopic (exact) mass is 405 g/mol. The summed E-state index contributed by atoms with van der Waals surface area (Å²) in [4.78, 5) is 14.7. The highest BCUT2D eigenvalue weighted by Gasteiger charge is 2.35. The molecule has 0 radical (unpaired) electrons. The molecule has 3 aliphatic heterocycles. The van der Waals surface area contributed by atoms with Crippen LogP contribution in [-0.4, -0.2) is 62.3 Å². The van der Waals surface area contributed by atoms with E-state index in [9.17, 15) is 13.2 Å². The Balaban J connectivity index is 1.30. The summed E-state index contributed by atoms with van der Waals surface area (Å²) in [5, 5.41) is 9.70. The van der Waals surface area contributed by atoms with E-state index < -0.39 is 10.0 Å². The van der Waals surface area contributed by atoms with E-state index in [0.717, 1.165) is 31.5 Å². The number of hydrogen-bond acceptors (Lipinski definition) is 6. The number of carbonyl (C=O) groups excluding carboxylic acids is 1. The Bertz CT molecular complexity index is 877. The summed E-state index contributed by atoms with van der Waals surface area (Å²) in [6, 6.07) is 6.95. The van der Waals surface area contributed by atoms with Gasteiger partial charge in [-0.3, -0.25) is 9.80 Å². The molecule has 1 atom stereocenters. The molecule has 8 nitrogen and oxygen atoms in total. The molecule has 4 rings (SSSR count). The van der Waals surface area contributed by atoms with Crippen LogP contribution in [-0.2, 0) is 14.8 Å². The number of para-hydroxylation sites is 1. The van der Waals surface area contributed by atoms with Gasteiger partial charge in [-0.05, 0) is 37.8 Å². The fraction of sp³-hybridized carbons (Fsp3) is 0.579. The van der Waals surface area contributed by atoms with Gasteiger partial charge in [-0.2, -0.15) is 9.82 Å². The number of hydrogen-bond donors (Lipinski definition) is 2. The molecule has 1 amide bonds. The van der Waals surface area contributed by atoms with Crippen molar-refractivity contribution in [1.82, 2.24) is 14.6 Å². The molecule has 0 aromatic heterocycles. The number of nitrogens with zero attached hydrogens (tertiary/aromatic N) is 3. The number of amides is 1. The average Bonchev–Trinajstić information content (AvgIpc) is 3.11. The van der Waals surface area contributed by atoms with E-state index in [-0.39, 0.29) is 18.0 Å². The number of piperidine rings is 1. The highest BCUT2D eigenvalue weighted by atomic mass is 32.2. The zero-order valence-corrected chi connectivity index (χ0v) is 16.9. The van der Waals surface area contributed by atoms with Crippen LogP contribution in [0.1, 0.15) is 32.6 Å². The number of likely N-dealkylation sites (tertiary alicyclic amines) is 1. The smallest absolute Gasteiger partial charge is 0.244 e. The van der Waals surface area contributed by atoms with Crippen molar-refractivity contribution in [1.29, 1.82) is 0 Å². The molecule has 1 aromatic rings. The van der Waals surface area contributed by atoms with Crippen LogP contribution in [0.5, 0.6) is 0 Å². The molecule has 0 aliphatic carbocycles. The second-order valence-electron chi connectivity index (χ2n) is 7.75. The quantitative estimate of drug-likeness (QED) is 0.790. The third-order valence-corrected chi connectivity index (χ3v) is 7.26. The largest absolute Gasteiger partial charge is 0.368 e. The lowest BCUT2D eigenvalue weighted by Gasteiger charge is -2.39. The molecule has 9 heteroatoms. The SMILES string of the molecule is CC1=NN(CCC(=O)N2CCC(C3Nc4ccccc4S(=O)(=O)N3)CC2)CC1. The number of fused-ring (bicyclic) bond motifs is 1. The lowest BCUT2D eigenvalue weighted by atomic mass is 9.93. The molecule has 0 spiro atoms. The van der Waals surface area contributed by atoms with Crippen molar-refractivity contribution in [3.8, 4) is 0 Å². The van der Waals surface area contributed by atoms with Crippen molar-refractivity contribution >= 4 is 27.3 Å². The number of anilines is 1. The average molecular weight is 406 g/mol. The van der Waals surface area contributed by atoms with Crippen LogP contribution < -0.4 is 10.0 Å². The van der Waals surface area contributed by atoms with Crippen LogP contribution in [0, 0.1) is 5.92 Å². The number of sulfonamides is 1. The van der Waals surface area contributed by atoms with Crippen LogP contribution in [0.3, 0.4) is 0 Å². The Morgan fingerprint density at radius 3 is 2.68 bits per heavy atom. The molecule has 3 aliphatic rings. The molecule has 28 heavy (non-hydrogen) atoms. The van der Waals surface area contributed by atoms with Gasteiger partial charge in [0.15, 0.2) is 0 Å². The molecule has 1 fully saturated rings. The highest BCUT2D eigenvalue weighted by molar-refractivity contribution is 7.89. The Morgan fingerprint density at radius 2 is 1.96 bits per heavy atom. The van der Waals surface area contributed by atoms with Gasteiger partial charge >= 0.3 is 0 Å². The standard InChI is InChI=1S/C19H27N5O3S/c1-14-6-12-24(21-14)13-9-18(25)23-10-7-15(8-11-23)19-20-16-4-2-3-5-17(16)28(26,27)22-19/h2-5,15,19-20,22H,6-13H2,1H3. The minimum absolute atomic E-state index is 0.151. The van der Waals surface area contributed by atoms with E-state index in [0.29, 0.717) is 36.6 Å². The molecule has 1 saturated heterocycles. The Kier molecular flexibility index (Phi) is 5.29. The van der Waals surface area contributed by atoms with Gasteiger partial charge in [0.1, 0.15) is 4.90 Å². The Hall–Kier alpha value is -2.13. The minimum atomic E-state index is -3.50. The van der Waals surface area contributed by atoms with E-state index in [1.54, 1.807) is 18.2 Å². The number of rotatable bonds is 4. The summed E-state index contributed by atoms with van der Waals surface area (Å²) in [6.45, 7) is 4.90. The maximum atomic E-state index is 12.5. The first kappa shape index (κ1) is 19.2. The van der Waals surface area contributed by atoms with E-state index in [1.165, 1.54) is 0 Å². The fourth-order valence-corrected chi connectivity index (χ4v) is 5.51. The normalized spacial score (nSPS) is 24.5. The third kappa shape index (κ3) is 4.00. The number of nitrogens with one attached hydrogen (secondary N) is 2. The molecule has 2 N–H and O–H groups in total. The number of benzene rings is 1. The predicted molar refractivity (Wildman–Crippen MR) is 107 cm³/mol.